The number of aromatic nitrogens is 2. The van der Waals surface area contributed by atoms with E-state index in [2.05, 4.69) is 10.3 Å². The zero-order valence-electron chi connectivity index (χ0n) is 10.0. The molecule has 1 N–H and O–H groups in total. The minimum absolute atomic E-state index is 0.0951. The lowest BCUT2D eigenvalue weighted by Gasteiger charge is -2.25. The Morgan fingerprint density at radius 1 is 1.65 bits per heavy atom. The van der Waals surface area contributed by atoms with E-state index < -0.39 is 0 Å². The van der Waals surface area contributed by atoms with Crippen LogP contribution in [0.1, 0.15) is 36.2 Å². The fraction of sp³-hybridized carbons (Fsp3) is 0.667. The molecule has 17 heavy (non-hydrogen) atoms. The molecule has 0 saturated heterocycles. The molecule has 1 amide bonds. The van der Waals surface area contributed by atoms with Gasteiger partial charge in [-0.05, 0) is 25.2 Å². The van der Waals surface area contributed by atoms with Gasteiger partial charge < -0.3 is 9.88 Å². The van der Waals surface area contributed by atoms with Gasteiger partial charge >= 0.3 is 0 Å². The predicted molar refractivity (Wildman–Crippen MR) is 67.1 cm³/mol. The highest BCUT2D eigenvalue weighted by molar-refractivity contribution is 6.20. The van der Waals surface area contributed by atoms with Gasteiger partial charge in [0, 0.05) is 25.2 Å². The number of carbonyl (C=O) groups is 1. The lowest BCUT2D eigenvalue weighted by atomic mass is 9.89. The van der Waals surface area contributed by atoms with E-state index in [9.17, 15) is 4.79 Å². The van der Waals surface area contributed by atoms with Crippen LogP contribution in [0.3, 0.4) is 0 Å². The topological polar surface area (TPSA) is 46.9 Å². The molecule has 0 spiro atoms. The first-order valence-corrected chi connectivity index (χ1v) is 6.49. The zero-order valence-corrected chi connectivity index (χ0v) is 10.8. The Morgan fingerprint density at radius 2 is 2.47 bits per heavy atom. The molecular weight excluding hydrogens is 238 g/mol. The van der Waals surface area contributed by atoms with Gasteiger partial charge in [0.05, 0.1) is 6.33 Å². The number of nitrogens with one attached hydrogen (secondary N) is 1. The molecule has 0 radical (unpaired) electrons. The average molecular weight is 256 g/mol. The van der Waals surface area contributed by atoms with Crippen LogP contribution in [0.5, 0.6) is 0 Å². The monoisotopic (exact) mass is 255 g/mol. The van der Waals surface area contributed by atoms with Crippen molar-refractivity contribution >= 4 is 17.5 Å². The van der Waals surface area contributed by atoms with Crippen LogP contribution < -0.4 is 5.32 Å². The first-order valence-electron chi connectivity index (χ1n) is 6.05. The van der Waals surface area contributed by atoms with Gasteiger partial charge in [-0.3, -0.25) is 4.79 Å². The summed E-state index contributed by atoms with van der Waals surface area (Å²) in [5.74, 6) is 0.418. The third kappa shape index (κ3) is 3.46. The molecule has 2 rings (SSSR count). The zero-order chi connectivity index (χ0) is 12.3. The normalized spacial score (nSPS) is 24.6. The molecule has 5 heteroatoms. The number of alkyl halides is 1. The van der Waals surface area contributed by atoms with Gasteiger partial charge in [0.15, 0.2) is 0 Å². The maximum atomic E-state index is 11.8. The van der Waals surface area contributed by atoms with Crippen molar-refractivity contribution in [3.63, 3.8) is 0 Å². The van der Waals surface area contributed by atoms with E-state index in [4.69, 9.17) is 11.6 Å². The molecule has 0 aromatic carbocycles. The summed E-state index contributed by atoms with van der Waals surface area (Å²) in [6, 6.07) is 0. The van der Waals surface area contributed by atoms with Crippen molar-refractivity contribution in [2.45, 2.75) is 31.1 Å². The maximum absolute atomic E-state index is 11.8. The van der Waals surface area contributed by atoms with Crippen LogP contribution in [0.25, 0.3) is 0 Å². The van der Waals surface area contributed by atoms with Crippen molar-refractivity contribution in [3.05, 3.63) is 18.2 Å². The smallest absolute Gasteiger partial charge is 0.271 e. The van der Waals surface area contributed by atoms with Gasteiger partial charge in [-0.25, -0.2) is 4.98 Å². The molecule has 0 bridgehead atoms. The molecule has 1 aromatic heterocycles. The number of imidazole rings is 1. The molecular formula is C12H18ClN3O. The van der Waals surface area contributed by atoms with Crippen LogP contribution in [-0.4, -0.2) is 27.4 Å². The summed E-state index contributed by atoms with van der Waals surface area (Å²) in [4.78, 5) is 15.8. The van der Waals surface area contributed by atoms with Crippen LogP contribution in [0.2, 0.25) is 0 Å². The van der Waals surface area contributed by atoms with E-state index in [1.165, 1.54) is 0 Å². The first kappa shape index (κ1) is 12.4. The minimum Gasteiger partial charge on any atom is -0.350 e. The first-order chi connectivity index (χ1) is 8.15. The van der Waals surface area contributed by atoms with E-state index in [1.54, 1.807) is 17.1 Å². The van der Waals surface area contributed by atoms with Gasteiger partial charge in [0.25, 0.3) is 5.91 Å². The summed E-state index contributed by atoms with van der Waals surface area (Å²) in [7, 11) is 1.85. The summed E-state index contributed by atoms with van der Waals surface area (Å²) in [6.45, 7) is 0.707. The quantitative estimate of drug-likeness (QED) is 0.840. The number of amides is 1. The molecule has 1 saturated carbocycles. The summed E-state index contributed by atoms with van der Waals surface area (Å²) in [6.07, 6.45) is 7.78. The molecule has 0 aliphatic heterocycles. The largest absolute Gasteiger partial charge is 0.350 e. The summed E-state index contributed by atoms with van der Waals surface area (Å²) >= 11 is 6.12. The maximum Gasteiger partial charge on any atom is 0.271 e. The Labute approximate surface area is 106 Å². The highest BCUT2D eigenvalue weighted by Gasteiger charge is 2.21. The van der Waals surface area contributed by atoms with Crippen molar-refractivity contribution in [3.8, 4) is 0 Å². The highest BCUT2D eigenvalue weighted by Crippen LogP contribution is 2.27. The van der Waals surface area contributed by atoms with Gasteiger partial charge in [-0.15, -0.1) is 11.6 Å². The van der Waals surface area contributed by atoms with Crippen molar-refractivity contribution in [2.75, 3.05) is 6.54 Å². The molecule has 1 fully saturated rings. The minimum atomic E-state index is -0.0951. The second kappa shape index (κ2) is 5.54. The molecule has 2 atom stereocenters. The molecule has 1 heterocycles. The Balaban J connectivity index is 1.80. The van der Waals surface area contributed by atoms with Crippen molar-refractivity contribution < 1.29 is 4.79 Å². The average Bonchev–Trinajstić information content (AvgIpc) is 2.73. The number of nitrogens with zero attached hydrogens (tertiary/aromatic N) is 2. The molecule has 2 unspecified atom stereocenters. The Hall–Kier alpha value is -1.03. The summed E-state index contributed by atoms with van der Waals surface area (Å²) in [5.41, 5.74) is 0.478. The molecule has 1 aliphatic rings. The Kier molecular flexibility index (Phi) is 4.05. The van der Waals surface area contributed by atoms with Crippen molar-refractivity contribution in [1.29, 1.82) is 0 Å². The van der Waals surface area contributed by atoms with Gasteiger partial charge in [0.2, 0.25) is 0 Å². The van der Waals surface area contributed by atoms with Crippen LogP contribution in [0, 0.1) is 5.92 Å². The molecule has 94 valence electrons. The predicted octanol–water partition coefficient (Wildman–Crippen LogP) is 1.95. The number of rotatable bonds is 3. The van der Waals surface area contributed by atoms with Gasteiger partial charge in [-0.1, -0.05) is 6.42 Å². The lowest BCUT2D eigenvalue weighted by molar-refractivity contribution is 0.0939. The number of hydrogen-bond acceptors (Lipinski definition) is 2. The second-order valence-electron chi connectivity index (χ2n) is 4.76. The molecule has 1 aromatic rings. The Morgan fingerprint density at radius 3 is 3.12 bits per heavy atom. The standard InChI is InChI=1S/C12H18ClN3O/c1-16-7-11(15-8-16)12(17)14-6-9-3-2-4-10(13)5-9/h7-10H,2-6H2,1H3,(H,14,17). The third-order valence-corrected chi connectivity index (χ3v) is 3.60. The van der Waals surface area contributed by atoms with Crippen LogP contribution in [0.15, 0.2) is 12.5 Å². The van der Waals surface area contributed by atoms with Crippen LogP contribution in [-0.2, 0) is 7.05 Å². The second-order valence-corrected chi connectivity index (χ2v) is 5.38. The number of carbonyl (C=O) groups excluding carboxylic acids is 1. The third-order valence-electron chi connectivity index (χ3n) is 3.21. The lowest BCUT2D eigenvalue weighted by Crippen LogP contribution is -2.32. The van der Waals surface area contributed by atoms with E-state index in [1.807, 2.05) is 7.05 Å². The van der Waals surface area contributed by atoms with Gasteiger partial charge in [0.1, 0.15) is 5.69 Å². The Bertz CT molecular complexity index is 391. The summed E-state index contributed by atoms with van der Waals surface area (Å²) in [5, 5.41) is 3.21. The van der Waals surface area contributed by atoms with Crippen molar-refractivity contribution in [1.82, 2.24) is 14.9 Å². The summed E-state index contributed by atoms with van der Waals surface area (Å²) < 4.78 is 1.77. The number of aryl methyl sites for hydroxylation is 1. The van der Waals surface area contributed by atoms with Crippen molar-refractivity contribution in [2.24, 2.45) is 13.0 Å². The number of hydrogen-bond donors (Lipinski definition) is 1. The van der Waals surface area contributed by atoms with Crippen LogP contribution >= 0.6 is 11.6 Å². The highest BCUT2D eigenvalue weighted by atomic mass is 35.5. The van der Waals surface area contributed by atoms with Crippen LogP contribution in [0.4, 0.5) is 0 Å². The number of halogens is 1. The van der Waals surface area contributed by atoms with Gasteiger partial charge in [-0.2, -0.15) is 0 Å². The molecule has 4 nitrogen and oxygen atoms in total. The van der Waals surface area contributed by atoms with E-state index in [0.29, 0.717) is 18.2 Å². The van der Waals surface area contributed by atoms with E-state index >= 15 is 0 Å². The fourth-order valence-electron chi connectivity index (χ4n) is 2.27. The SMILES string of the molecule is Cn1cnc(C(=O)NCC2CCCC(Cl)C2)c1. The fourth-order valence-corrected chi connectivity index (χ4v) is 2.67. The van der Waals surface area contributed by atoms with E-state index in [0.717, 1.165) is 25.7 Å². The van der Waals surface area contributed by atoms with E-state index in [-0.39, 0.29) is 11.3 Å². The molecule has 1 aliphatic carbocycles.